The Kier molecular flexibility index (Phi) is 8.17. The van der Waals surface area contributed by atoms with Crippen LogP contribution in [0, 0.1) is 0 Å². The predicted octanol–water partition coefficient (Wildman–Crippen LogP) is 1.04. The molecule has 0 aromatic heterocycles. The molecule has 1 aromatic rings. The minimum absolute atomic E-state index is 0.0961. The zero-order chi connectivity index (χ0) is 14.8. The van der Waals surface area contributed by atoms with E-state index in [-0.39, 0.29) is 17.4 Å². The minimum Gasteiger partial charge on any atom is -0.480 e. The van der Waals surface area contributed by atoms with Crippen LogP contribution in [0.5, 0.6) is 0 Å². The molecular formula is C13H18N2O3S2. The molecule has 7 heteroatoms. The number of hydrogen-bond acceptors (Lipinski definition) is 5. The van der Waals surface area contributed by atoms with Crippen molar-refractivity contribution in [2.75, 3.05) is 23.8 Å². The second-order valence-electron chi connectivity index (χ2n) is 3.97. The number of aliphatic carboxylic acids is 1. The topological polar surface area (TPSA) is 92.4 Å². The van der Waals surface area contributed by atoms with Gasteiger partial charge in [-0.1, -0.05) is 18.2 Å². The van der Waals surface area contributed by atoms with E-state index in [0.29, 0.717) is 6.54 Å². The van der Waals surface area contributed by atoms with Crippen LogP contribution < -0.4 is 11.1 Å². The van der Waals surface area contributed by atoms with Crippen molar-refractivity contribution >= 4 is 35.4 Å². The van der Waals surface area contributed by atoms with Crippen LogP contribution in [0.25, 0.3) is 0 Å². The van der Waals surface area contributed by atoms with Gasteiger partial charge in [0.2, 0.25) is 5.91 Å². The van der Waals surface area contributed by atoms with Crippen molar-refractivity contribution in [3.8, 4) is 0 Å². The van der Waals surface area contributed by atoms with E-state index in [1.165, 1.54) is 16.7 Å². The Bertz CT molecular complexity index is 429. The summed E-state index contributed by atoms with van der Waals surface area (Å²) in [6.07, 6.45) is 0. The van der Waals surface area contributed by atoms with Gasteiger partial charge in [0, 0.05) is 22.9 Å². The maximum absolute atomic E-state index is 11.5. The van der Waals surface area contributed by atoms with Gasteiger partial charge >= 0.3 is 5.97 Å². The monoisotopic (exact) mass is 314 g/mol. The van der Waals surface area contributed by atoms with Crippen molar-refractivity contribution in [2.24, 2.45) is 5.73 Å². The highest BCUT2D eigenvalue weighted by molar-refractivity contribution is 8.00. The number of carbonyl (C=O) groups excluding carboxylic acids is 1. The lowest BCUT2D eigenvalue weighted by atomic mass is 10.4. The van der Waals surface area contributed by atoms with E-state index in [1.54, 1.807) is 11.8 Å². The van der Waals surface area contributed by atoms with Crippen molar-refractivity contribution in [1.29, 1.82) is 0 Å². The van der Waals surface area contributed by atoms with E-state index < -0.39 is 12.0 Å². The highest BCUT2D eigenvalue weighted by atomic mass is 32.2. The maximum atomic E-state index is 11.5. The normalized spacial score (nSPS) is 11.8. The third kappa shape index (κ3) is 7.42. The number of carbonyl (C=O) groups is 2. The fourth-order valence-electron chi connectivity index (χ4n) is 1.28. The fourth-order valence-corrected chi connectivity index (χ4v) is 2.87. The predicted molar refractivity (Wildman–Crippen MR) is 83.1 cm³/mol. The summed E-state index contributed by atoms with van der Waals surface area (Å²) in [7, 11) is 0. The van der Waals surface area contributed by atoms with Gasteiger partial charge in [-0.25, -0.2) is 0 Å². The first-order chi connectivity index (χ1) is 9.59. The fraction of sp³-hybridized carbons (Fsp3) is 0.385. The summed E-state index contributed by atoms with van der Waals surface area (Å²) >= 11 is 2.90. The van der Waals surface area contributed by atoms with Crippen molar-refractivity contribution < 1.29 is 14.7 Å². The van der Waals surface area contributed by atoms with Gasteiger partial charge < -0.3 is 16.2 Å². The summed E-state index contributed by atoms with van der Waals surface area (Å²) < 4.78 is 0. The molecule has 20 heavy (non-hydrogen) atoms. The summed E-state index contributed by atoms with van der Waals surface area (Å²) in [5, 5.41) is 11.4. The third-order valence-corrected chi connectivity index (χ3v) is 4.36. The molecule has 0 unspecified atom stereocenters. The number of nitrogens with one attached hydrogen (secondary N) is 1. The Hall–Kier alpha value is -1.18. The average Bonchev–Trinajstić information content (AvgIpc) is 2.44. The molecule has 0 saturated heterocycles. The number of rotatable bonds is 9. The number of nitrogens with two attached hydrogens (primary N) is 1. The smallest absolute Gasteiger partial charge is 0.321 e. The van der Waals surface area contributed by atoms with Crippen LogP contribution in [0.4, 0.5) is 0 Å². The van der Waals surface area contributed by atoms with Crippen LogP contribution in [0.15, 0.2) is 35.2 Å². The zero-order valence-electron chi connectivity index (χ0n) is 11.0. The summed E-state index contributed by atoms with van der Waals surface area (Å²) in [6, 6.07) is 9.05. The van der Waals surface area contributed by atoms with Crippen LogP contribution in [-0.2, 0) is 9.59 Å². The van der Waals surface area contributed by atoms with Crippen molar-refractivity contribution in [1.82, 2.24) is 5.32 Å². The van der Waals surface area contributed by atoms with Gasteiger partial charge in [-0.2, -0.15) is 0 Å². The Morgan fingerprint density at radius 3 is 2.65 bits per heavy atom. The van der Waals surface area contributed by atoms with E-state index in [9.17, 15) is 9.59 Å². The average molecular weight is 314 g/mol. The van der Waals surface area contributed by atoms with Gasteiger partial charge in [0.25, 0.3) is 0 Å². The molecule has 0 aliphatic carbocycles. The number of carboxylic acids is 1. The lowest BCUT2D eigenvalue weighted by Crippen LogP contribution is -2.33. The molecule has 0 aliphatic heterocycles. The molecule has 0 spiro atoms. The van der Waals surface area contributed by atoms with Crippen LogP contribution in [-0.4, -0.2) is 46.8 Å². The van der Waals surface area contributed by atoms with Gasteiger partial charge in [-0.3, -0.25) is 9.59 Å². The third-order valence-electron chi connectivity index (χ3n) is 2.28. The minimum atomic E-state index is -1.04. The summed E-state index contributed by atoms with van der Waals surface area (Å²) in [5.41, 5.74) is 5.33. The summed E-state index contributed by atoms with van der Waals surface area (Å²) in [6.45, 7) is 0.587. The van der Waals surface area contributed by atoms with Gasteiger partial charge in [0.1, 0.15) is 6.04 Å². The van der Waals surface area contributed by atoms with Gasteiger partial charge in [0.15, 0.2) is 0 Å². The molecule has 4 N–H and O–H groups in total. The van der Waals surface area contributed by atoms with Gasteiger partial charge in [-0.15, -0.1) is 23.5 Å². The van der Waals surface area contributed by atoms with Crippen LogP contribution in [0.2, 0.25) is 0 Å². The second kappa shape index (κ2) is 9.68. The molecule has 0 aliphatic rings. The molecule has 110 valence electrons. The highest BCUT2D eigenvalue weighted by Crippen LogP contribution is 2.15. The van der Waals surface area contributed by atoms with Crippen molar-refractivity contribution in [3.63, 3.8) is 0 Å². The molecule has 0 fully saturated rings. The SMILES string of the molecule is N[C@@H](CSCC(=O)NCCSc1ccccc1)C(=O)O. The number of carboxylic acid groups (broad SMARTS) is 1. The standard InChI is InChI=1S/C13H18N2O3S2/c14-11(13(17)18)8-19-9-12(16)15-6-7-20-10-4-2-1-3-5-10/h1-5,11H,6-9,14H2,(H,15,16)(H,17,18)/t11-/m0/s1. The molecule has 0 heterocycles. The van der Waals surface area contributed by atoms with Crippen LogP contribution in [0.3, 0.4) is 0 Å². The Labute approximate surface area is 126 Å². The second-order valence-corrected chi connectivity index (χ2v) is 6.17. The molecule has 0 radical (unpaired) electrons. The van der Waals surface area contributed by atoms with Gasteiger partial charge in [-0.05, 0) is 12.1 Å². The molecule has 5 nitrogen and oxygen atoms in total. The molecule has 0 bridgehead atoms. The Morgan fingerprint density at radius 2 is 2.00 bits per heavy atom. The quantitative estimate of drug-likeness (QED) is 0.466. The van der Waals surface area contributed by atoms with Gasteiger partial charge in [0.05, 0.1) is 5.75 Å². The highest BCUT2D eigenvalue weighted by Gasteiger charge is 2.11. The molecule has 1 atom stereocenters. The first-order valence-electron chi connectivity index (χ1n) is 6.10. The first kappa shape index (κ1) is 16.9. The van der Waals surface area contributed by atoms with E-state index in [0.717, 1.165) is 5.75 Å². The zero-order valence-corrected chi connectivity index (χ0v) is 12.6. The molecular weight excluding hydrogens is 296 g/mol. The maximum Gasteiger partial charge on any atom is 0.321 e. The van der Waals surface area contributed by atoms with Crippen molar-refractivity contribution in [3.05, 3.63) is 30.3 Å². The number of hydrogen-bond donors (Lipinski definition) is 3. The van der Waals surface area contributed by atoms with Crippen LogP contribution >= 0.6 is 23.5 Å². The van der Waals surface area contributed by atoms with Crippen LogP contribution in [0.1, 0.15) is 0 Å². The molecule has 0 saturated carbocycles. The molecule has 1 amide bonds. The number of thioether (sulfide) groups is 2. The van der Waals surface area contributed by atoms with Crippen molar-refractivity contribution in [2.45, 2.75) is 10.9 Å². The Balaban J connectivity index is 2.04. The molecule has 1 rings (SSSR count). The van der Waals surface area contributed by atoms with E-state index in [2.05, 4.69) is 5.32 Å². The Morgan fingerprint density at radius 1 is 1.30 bits per heavy atom. The number of benzene rings is 1. The first-order valence-corrected chi connectivity index (χ1v) is 8.24. The van der Waals surface area contributed by atoms with E-state index >= 15 is 0 Å². The molecule has 1 aromatic carbocycles. The summed E-state index contributed by atoms with van der Waals surface area (Å²) in [5.74, 6) is 0.131. The van der Waals surface area contributed by atoms with E-state index in [1.807, 2.05) is 30.3 Å². The summed E-state index contributed by atoms with van der Waals surface area (Å²) in [4.78, 5) is 23.1. The largest absolute Gasteiger partial charge is 0.480 e. The lowest BCUT2D eigenvalue weighted by molar-refractivity contribution is -0.138. The lowest BCUT2D eigenvalue weighted by Gasteiger charge is -2.07. The number of amides is 1. The van der Waals surface area contributed by atoms with E-state index in [4.69, 9.17) is 10.8 Å².